The van der Waals surface area contributed by atoms with E-state index in [0.717, 1.165) is 16.9 Å². The lowest BCUT2D eigenvalue weighted by Crippen LogP contribution is -2.13. The Morgan fingerprint density at radius 3 is 2.60 bits per heavy atom. The van der Waals surface area contributed by atoms with Crippen molar-refractivity contribution in [3.63, 3.8) is 0 Å². The SMILES string of the molecule is C/C=C1\C(=NC)C=CC(C(=O)OC)=C1C. The molecule has 0 bridgehead atoms. The van der Waals surface area contributed by atoms with Gasteiger partial charge in [-0.25, -0.2) is 4.79 Å². The summed E-state index contributed by atoms with van der Waals surface area (Å²) in [6, 6.07) is 0. The van der Waals surface area contributed by atoms with Gasteiger partial charge in [0.05, 0.1) is 18.4 Å². The van der Waals surface area contributed by atoms with Crippen molar-refractivity contribution in [2.24, 2.45) is 4.99 Å². The zero-order chi connectivity index (χ0) is 11.4. The Bertz CT molecular complexity index is 398. The highest BCUT2D eigenvalue weighted by atomic mass is 16.5. The van der Waals surface area contributed by atoms with Gasteiger partial charge in [0.2, 0.25) is 0 Å². The third-order valence-electron chi connectivity index (χ3n) is 2.43. The van der Waals surface area contributed by atoms with E-state index < -0.39 is 0 Å². The van der Waals surface area contributed by atoms with E-state index in [1.165, 1.54) is 7.11 Å². The van der Waals surface area contributed by atoms with E-state index in [9.17, 15) is 4.79 Å². The first-order valence-electron chi connectivity index (χ1n) is 4.76. The van der Waals surface area contributed by atoms with E-state index in [2.05, 4.69) is 4.99 Å². The minimum Gasteiger partial charge on any atom is -0.465 e. The number of hydrogen-bond acceptors (Lipinski definition) is 3. The van der Waals surface area contributed by atoms with Crippen molar-refractivity contribution in [2.75, 3.05) is 14.2 Å². The Balaban J connectivity index is 3.23. The Morgan fingerprint density at radius 2 is 2.13 bits per heavy atom. The number of aliphatic imine (C=N–C) groups is 1. The van der Waals surface area contributed by atoms with Gasteiger partial charge in [-0.1, -0.05) is 6.08 Å². The van der Waals surface area contributed by atoms with Crippen LogP contribution >= 0.6 is 0 Å². The van der Waals surface area contributed by atoms with E-state index in [0.29, 0.717) is 5.57 Å². The van der Waals surface area contributed by atoms with E-state index in [-0.39, 0.29) is 5.97 Å². The molecule has 80 valence electrons. The molecule has 1 rings (SSSR count). The van der Waals surface area contributed by atoms with Crippen LogP contribution in [0.4, 0.5) is 0 Å². The number of ether oxygens (including phenoxy) is 1. The van der Waals surface area contributed by atoms with Gasteiger partial charge in [0, 0.05) is 7.05 Å². The van der Waals surface area contributed by atoms with Crippen molar-refractivity contribution < 1.29 is 9.53 Å². The molecule has 3 nitrogen and oxygen atoms in total. The fraction of sp³-hybridized carbons (Fsp3) is 0.333. The van der Waals surface area contributed by atoms with Gasteiger partial charge in [0.15, 0.2) is 0 Å². The number of carbonyl (C=O) groups excluding carboxylic acids is 1. The van der Waals surface area contributed by atoms with E-state index in [1.54, 1.807) is 13.1 Å². The molecule has 0 saturated carbocycles. The molecule has 0 saturated heterocycles. The van der Waals surface area contributed by atoms with Crippen molar-refractivity contribution >= 4 is 11.7 Å². The normalized spacial score (nSPS) is 21.3. The van der Waals surface area contributed by atoms with Gasteiger partial charge >= 0.3 is 5.97 Å². The molecule has 0 N–H and O–H groups in total. The van der Waals surface area contributed by atoms with E-state index in [4.69, 9.17) is 4.74 Å². The summed E-state index contributed by atoms with van der Waals surface area (Å²) in [6.07, 6.45) is 5.52. The molecule has 0 aromatic carbocycles. The number of carbonyl (C=O) groups is 1. The maximum atomic E-state index is 11.4. The number of allylic oxidation sites excluding steroid dienone is 4. The maximum Gasteiger partial charge on any atom is 0.338 e. The van der Waals surface area contributed by atoms with Crippen LogP contribution < -0.4 is 0 Å². The lowest BCUT2D eigenvalue weighted by Gasteiger charge is -2.15. The topological polar surface area (TPSA) is 38.7 Å². The molecule has 0 atom stereocenters. The van der Waals surface area contributed by atoms with Crippen LogP contribution in [-0.4, -0.2) is 25.8 Å². The summed E-state index contributed by atoms with van der Waals surface area (Å²) in [5.74, 6) is -0.307. The van der Waals surface area contributed by atoms with Crippen molar-refractivity contribution in [1.82, 2.24) is 0 Å². The molecule has 3 heteroatoms. The molecule has 0 aliphatic heterocycles. The predicted molar refractivity (Wildman–Crippen MR) is 61.0 cm³/mol. The molecule has 15 heavy (non-hydrogen) atoms. The number of nitrogens with zero attached hydrogens (tertiary/aromatic N) is 1. The summed E-state index contributed by atoms with van der Waals surface area (Å²) in [5.41, 5.74) is 3.38. The molecule has 0 aromatic heterocycles. The molecular formula is C12H15NO2. The molecule has 0 aromatic rings. The highest BCUT2D eigenvalue weighted by molar-refractivity contribution is 6.15. The van der Waals surface area contributed by atoms with Crippen LogP contribution in [0.15, 0.2) is 39.9 Å². The predicted octanol–water partition coefficient (Wildman–Crippen LogP) is 2.06. The van der Waals surface area contributed by atoms with Gasteiger partial charge in [-0.05, 0) is 37.1 Å². The van der Waals surface area contributed by atoms with Crippen LogP contribution in [0, 0.1) is 0 Å². The second kappa shape index (κ2) is 4.73. The number of esters is 1. The van der Waals surface area contributed by atoms with Crippen LogP contribution in [0.2, 0.25) is 0 Å². The first-order chi connectivity index (χ1) is 7.15. The number of hydrogen-bond donors (Lipinski definition) is 0. The number of methoxy groups -OCH3 is 1. The molecule has 0 spiro atoms. The highest BCUT2D eigenvalue weighted by Gasteiger charge is 2.19. The van der Waals surface area contributed by atoms with Crippen molar-refractivity contribution in [2.45, 2.75) is 13.8 Å². The Morgan fingerprint density at radius 1 is 1.47 bits per heavy atom. The van der Waals surface area contributed by atoms with E-state index >= 15 is 0 Å². The Labute approximate surface area is 89.8 Å². The van der Waals surface area contributed by atoms with Gasteiger partial charge in [0.25, 0.3) is 0 Å². The minimum absolute atomic E-state index is 0.307. The van der Waals surface area contributed by atoms with Crippen molar-refractivity contribution in [3.05, 3.63) is 34.9 Å². The summed E-state index contributed by atoms with van der Waals surface area (Å²) in [5, 5.41) is 0. The lowest BCUT2D eigenvalue weighted by molar-refractivity contribution is -0.135. The van der Waals surface area contributed by atoms with Crippen molar-refractivity contribution in [3.8, 4) is 0 Å². The second-order valence-corrected chi connectivity index (χ2v) is 3.17. The number of rotatable bonds is 1. The summed E-state index contributed by atoms with van der Waals surface area (Å²) in [6.45, 7) is 3.83. The highest BCUT2D eigenvalue weighted by Crippen LogP contribution is 2.23. The quantitative estimate of drug-likeness (QED) is 0.614. The van der Waals surface area contributed by atoms with Crippen LogP contribution in [0.25, 0.3) is 0 Å². The molecule has 1 aliphatic carbocycles. The summed E-state index contributed by atoms with van der Waals surface area (Å²) >= 11 is 0. The van der Waals surface area contributed by atoms with Gasteiger partial charge in [-0.15, -0.1) is 0 Å². The summed E-state index contributed by atoms with van der Waals surface area (Å²) in [4.78, 5) is 15.6. The van der Waals surface area contributed by atoms with Crippen LogP contribution in [0.3, 0.4) is 0 Å². The average Bonchev–Trinajstić information content (AvgIpc) is 2.27. The Kier molecular flexibility index (Phi) is 3.61. The second-order valence-electron chi connectivity index (χ2n) is 3.17. The molecule has 0 unspecified atom stereocenters. The Hall–Kier alpha value is -1.64. The van der Waals surface area contributed by atoms with Gasteiger partial charge in [-0.2, -0.15) is 0 Å². The van der Waals surface area contributed by atoms with Crippen LogP contribution in [0.1, 0.15) is 13.8 Å². The van der Waals surface area contributed by atoms with Crippen LogP contribution in [0.5, 0.6) is 0 Å². The third-order valence-corrected chi connectivity index (χ3v) is 2.43. The maximum absolute atomic E-state index is 11.4. The zero-order valence-electron chi connectivity index (χ0n) is 9.50. The third kappa shape index (κ3) is 2.06. The largest absolute Gasteiger partial charge is 0.465 e. The summed E-state index contributed by atoms with van der Waals surface area (Å²) < 4.78 is 4.71. The minimum atomic E-state index is -0.307. The van der Waals surface area contributed by atoms with Gasteiger partial charge < -0.3 is 4.74 Å². The fourth-order valence-corrected chi connectivity index (χ4v) is 1.60. The molecule has 0 fully saturated rings. The molecule has 0 amide bonds. The van der Waals surface area contributed by atoms with Gasteiger partial charge in [0.1, 0.15) is 0 Å². The molecule has 0 heterocycles. The van der Waals surface area contributed by atoms with Crippen LogP contribution in [-0.2, 0) is 9.53 Å². The standard InChI is InChI=1S/C12H15NO2/c1-5-9-8(2)10(12(14)15-4)6-7-11(9)13-3/h5-7H,1-4H3/b9-5-,13-11?. The summed E-state index contributed by atoms with van der Waals surface area (Å²) in [7, 11) is 3.12. The van der Waals surface area contributed by atoms with E-state index in [1.807, 2.05) is 26.0 Å². The fourth-order valence-electron chi connectivity index (χ4n) is 1.60. The zero-order valence-corrected chi connectivity index (χ0v) is 9.50. The molecular weight excluding hydrogens is 190 g/mol. The monoisotopic (exact) mass is 205 g/mol. The average molecular weight is 205 g/mol. The first-order valence-corrected chi connectivity index (χ1v) is 4.76. The molecule has 0 radical (unpaired) electrons. The van der Waals surface area contributed by atoms with Gasteiger partial charge in [-0.3, -0.25) is 4.99 Å². The first kappa shape index (κ1) is 11.4. The molecule has 1 aliphatic rings. The smallest absolute Gasteiger partial charge is 0.338 e. The lowest BCUT2D eigenvalue weighted by atomic mass is 9.92. The van der Waals surface area contributed by atoms with Crippen molar-refractivity contribution in [1.29, 1.82) is 0 Å².